The Morgan fingerprint density at radius 3 is 2.29 bits per heavy atom. The standard InChI is InChI=1S/C54H55N3O.Pt/c1-31(2)41-13-12-14-42(32(3)4)51(41)37-26-38(52-56-50-20-18-43-35(7)23-34(6)25-46(43)54(50,11)58-52)28-40(27-37)57-48-19-15-33(5)24-45(48)44-17-16-36(29-49(44)57)47-30-39(21-22-55-47)53(8,9)10;/h12-17,19,21-27,30-32,50H,18,20H2,1-11H3;/q-2;+2/t50-,54+;/m1./s1/i18D2;. The van der Waals surface area contributed by atoms with E-state index >= 15 is 0 Å². The van der Waals surface area contributed by atoms with Gasteiger partial charge in [-0.15, -0.1) is 42.0 Å². The van der Waals surface area contributed by atoms with Gasteiger partial charge < -0.3 is 14.3 Å². The minimum atomic E-state index is -1.55. The number of hydrogen-bond acceptors (Lipinski definition) is 3. The molecule has 2 aromatic heterocycles. The van der Waals surface area contributed by atoms with E-state index in [-0.39, 0.29) is 44.7 Å². The number of aryl methyl sites for hydroxylation is 3. The summed E-state index contributed by atoms with van der Waals surface area (Å²) in [5.41, 5.74) is 15.5. The van der Waals surface area contributed by atoms with Gasteiger partial charge in [0.05, 0.1) is 6.04 Å². The van der Waals surface area contributed by atoms with Gasteiger partial charge in [-0.05, 0) is 131 Å². The van der Waals surface area contributed by atoms with Crippen molar-refractivity contribution in [3.05, 3.63) is 153 Å². The molecular weight excluding hydrogens is 902 g/mol. The van der Waals surface area contributed by atoms with Crippen molar-refractivity contribution < 1.29 is 28.5 Å². The Morgan fingerprint density at radius 1 is 0.831 bits per heavy atom. The van der Waals surface area contributed by atoms with E-state index in [0.29, 0.717) is 5.90 Å². The van der Waals surface area contributed by atoms with Crippen LogP contribution in [0.25, 0.3) is 49.9 Å². The number of pyridine rings is 1. The molecule has 0 N–H and O–H groups in total. The Labute approximate surface area is 368 Å². The van der Waals surface area contributed by atoms with Gasteiger partial charge in [-0.2, -0.15) is 0 Å². The van der Waals surface area contributed by atoms with Crippen molar-refractivity contribution in [1.29, 1.82) is 0 Å². The SMILES string of the molecule is [2H]C1([2H])C[C@H]2N=C(c3[c-]c(-n4c5[c-]c(-c6cc(C(C)(C)C)ccn6)ccc5c5cc(C)ccc54)cc(-c4c(C(C)C)cccc4C(C)C)c3)O[C@@]2(C)c2cc(C)cc(C)c21.[Pt+2]. The maximum Gasteiger partial charge on any atom is 2.00 e. The van der Waals surface area contributed by atoms with Crippen molar-refractivity contribution in [2.24, 2.45) is 4.99 Å². The zero-order valence-electron chi connectivity index (χ0n) is 38.2. The topological polar surface area (TPSA) is 39.4 Å². The van der Waals surface area contributed by atoms with E-state index in [1.165, 1.54) is 27.8 Å². The van der Waals surface area contributed by atoms with E-state index in [4.69, 9.17) is 14.7 Å². The number of fused-ring (bicyclic) bond motifs is 6. The Balaban J connectivity index is 0.00000514. The molecule has 2 atom stereocenters. The summed E-state index contributed by atoms with van der Waals surface area (Å²) < 4.78 is 27.9. The first-order valence-electron chi connectivity index (χ1n) is 21.9. The van der Waals surface area contributed by atoms with Gasteiger partial charge in [0.15, 0.2) is 0 Å². The molecule has 3 heterocycles. The number of aromatic nitrogens is 2. The van der Waals surface area contributed by atoms with Gasteiger partial charge in [0.1, 0.15) is 11.5 Å². The third kappa shape index (κ3) is 7.00. The molecule has 0 radical (unpaired) electrons. The molecule has 5 heteroatoms. The third-order valence-corrected chi connectivity index (χ3v) is 12.4. The molecular formula is C54H55N3OPt. The summed E-state index contributed by atoms with van der Waals surface area (Å²) in [6.07, 6.45) is 0.592. The molecule has 0 spiro atoms. The largest absolute Gasteiger partial charge is 2.00 e. The Hall–Kier alpha value is -4.79. The van der Waals surface area contributed by atoms with Gasteiger partial charge in [0, 0.05) is 14.5 Å². The fourth-order valence-corrected chi connectivity index (χ4v) is 9.27. The summed E-state index contributed by atoms with van der Waals surface area (Å²) in [4.78, 5) is 10.1. The van der Waals surface area contributed by atoms with Crippen LogP contribution in [0.4, 0.5) is 0 Å². The molecule has 1 aliphatic heterocycles. The summed E-state index contributed by atoms with van der Waals surface area (Å²) in [6.45, 7) is 24.1. The Bertz CT molecular complexity index is 2890. The minimum Gasteiger partial charge on any atom is -0.508 e. The molecule has 0 amide bonds. The van der Waals surface area contributed by atoms with Crippen molar-refractivity contribution in [2.45, 2.75) is 118 Å². The van der Waals surface area contributed by atoms with E-state index in [0.717, 1.165) is 72.1 Å². The van der Waals surface area contributed by atoms with Crippen LogP contribution in [0.1, 0.15) is 126 Å². The number of nitrogens with zero attached hydrogens (tertiary/aromatic N) is 3. The summed E-state index contributed by atoms with van der Waals surface area (Å²) in [5.74, 6) is 1.06. The van der Waals surface area contributed by atoms with Crippen LogP contribution in [0, 0.1) is 32.9 Å². The molecule has 9 rings (SSSR count). The minimum absolute atomic E-state index is 0. The average Bonchev–Trinajstić information content (AvgIpc) is 3.70. The fraction of sp³-hybridized carbons (Fsp3) is 0.333. The number of hydrogen-bond donors (Lipinski definition) is 0. The molecule has 4 nitrogen and oxygen atoms in total. The first-order chi connectivity index (χ1) is 28.3. The first kappa shape index (κ1) is 38.4. The quantitative estimate of drug-likeness (QED) is 0.156. The molecule has 7 aromatic rings. The van der Waals surface area contributed by atoms with Crippen molar-refractivity contribution >= 4 is 27.7 Å². The zero-order valence-corrected chi connectivity index (χ0v) is 38.4. The van der Waals surface area contributed by atoms with Crippen LogP contribution in [-0.4, -0.2) is 21.5 Å². The molecule has 0 fully saturated rings. The second-order valence-electron chi connectivity index (χ2n) is 18.5. The second-order valence-corrected chi connectivity index (χ2v) is 18.5. The van der Waals surface area contributed by atoms with Gasteiger partial charge >= 0.3 is 21.1 Å². The van der Waals surface area contributed by atoms with Crippen LogP contribution < -0.4 is 0 Å². The summed E-state index contributed by atoms with van der Waals surface area (Å²) in [7, 11) is 0. The van der Waals surface area contributed by atoms with E-state index in [9.17, 15) is 2.74 Å². The van der Waals surface area contributed by atoms with Gasteiger partial charge in [-0.25, -0.2) is 0 Å². The summed E-state index contributed by atoms with van der Waals surface area (Å²) in [6, 6.07) is 38.0. The molecule has 0 saturated carbocycles. The van der Waals surface area contributed by atoms with Gasteiger partial charge in [-0.3, -0.25) is 4.99 Å². The van der Waals surface area contributed by atoms with E-state index in [1.54, 1.807) is 0 Å². The van der Waals surface area contributed by atoms with Crippen LogP contribution in [-0.2, 0) is 43.2 Å². The van der Waals surface area contributed by atoms with E-state index in [2.05, 4.69) is 171 Å². The maximum atomic E-state index is 9.24. The first-order valence-corrected chi connectivity index (χ1v) is 20.9. The number of aliphatic imine (C=N–C) groups is 1. The average molecular weight is 959 g/mol. The van der Waals surface area contributed by atoms with Crippen molar-refractivity contribution in [3.8, 4) is 28.1 Å². The van der Waals surface area contributed by atoms with Crippen LogP contribution >= 0.6 is 0 Å². The number of benzene rings is 5. The molecule has 2 aliphatic rings. The molecule has 0 unspecified atom stereocenters. The number of rotatable bonds is 6. The van der Waals surface area contributed by atoms with Crippen molar-refractivity contribution in [1.82, 2.24) is 9.55 Å². The second kappa shape index (κ2) is 15.0. The van der Waals surface area contributed by atoms with Crippen molar-refractivity contribution in [2.75, 3.05) is 0 Å². The van der Waals surface area contributed by atoms with Gasteiger partial charge in [0.25, 0.3) is 0 Å². The Morgan fingerprint density at radius 2 is 1.58 bits per heavy atom. The normalized spacial score (nSPS) is 18.9. The fourth-order valence-electron chi connectivity index (χ4n) is 9.27. The maximum absolute atomic E-state index is 9.24. The van der Waals surface area contributed by atoms with Crippen LogP contribution in [0.15, 0.2) is 96.1 Å². The van der Waals surface area contributed by atoms with Gasteiger partial charge in [-0.1, -0.05) is 125 Å². The molecule has 0 bridgehead atoms. The number of ether oxygens (including phenoxy) is 1. The smallest absolute Gasteiger partial charge is 0.508 e. The van der Waals surface area contributed by atoms with E-state index < -0.39 is 18.0 Å². The third-order valence-electron chi connectivity index (χ3n) is 12.4. The van der Waals surface area contributed by atoms with Crippen LogP contribution in [0.2, 0.25) is 0 Å². The predicted molar refractivity (Wildman–Crippen MR) is 242 cm³/mol. The molecule has 5 aromatic carbocycles. The van der Waals surface area contributed by atoms with Gasteiger partial charge in [0.2, 0.25) is 0 Å². The van der Waals surface area contributed by atoms with Crippen LogP contribution in [0.5, 0.6) is 0 Å². The van der Waals surface area contributed by atoms with E-state index in [1.807, 2.05) is 13.1 Å². The monoisotopic (exact) mass is 958 g/mol. The Kier molecular flexibility index (Phi) is 9.79. The predicted octanol–water partition coefficient (Wildman–Crippen LogP) is 13.6. The summed E-state index contributed by atoms with van der Waals surface area (Å²) >= 11 is 0. The van der Waals surface area contributed by atoms with Crippen LogP contribution in [0.3, 0.4) is 0 Å². The molecule has 302 valence electrons. The molecule has 0 saturated heterocycles. The molecule has 59 heavy (non-hydrogen) atoms. The van der Waals surface area contributed by atoms with Crippen molar-refractivity contribution in [3.63, 3.8) is 0 Å². The zero-order chi connectivity index (χ0) is 42.6. The summed E-state index contributed by atoms with van der Waals surface area (Å²) in [5, 5.41) is 2.25. The molecule has 1 aliphatic carbocycles.